The van der Waals surface area contributed by atoms with Gasteiger partial charge in [-0.15, -0.1) is 0 Å². The van der Waals surface area contributed by atoms with Crippen molar-refractivity contribution in [3.8, 4) is 40.7 Å². The van der Waals surface area contributed by atoms with Gasteiger partial charge >= 0.3 is 0 Å². The molecule has 2 heterocycles. The smallest absolute Gasteiger partial charge is 0.197 e. The van der Waals surface area contributed by atoms with Crippen molar-refractivity contribution in [2.75, 3.05) is 20.3 Å². The van der Waals surface area contributed by atoms with E-state index in [2.05, 4.69) is 26.2 Å². The van der Waals surface area contributed by atoms with Crippen LogP contribution in [0, 0.1) is 22.7 Å². The third kappa shape index (κ3) is 4.93. The number of pyridine rings is 1. The number of nitrogens with one attached hydrogen (secondary N) is 1. The van der Waals surface area contributed by atoms with Gasteiger partial charge in [0.1, 0.15) is 23.6 Å². The van der Waals surface area contributed by atoms with Crippen LogP contribution < -0.4 is 4.74 Å². The molecule has 0 bridgehead atoms. The molecule has 29 heavy (non-hydrogen) atoms. The first-order valence-electron chi connectivity index (χ1n) is 8.75. The summed E-state index contributed by atoms with van der Waals surface area (Å²) in [6.07, 6.45) is 1.01. The van der Waals surface area contributed by atoms with Crippen molar-refractivity contribution in [3.05, 3.63) is 47.8 Å². The van der Waals surface area contributed by atoms with Crippen LogP contribution in [0.15, 0.2) is 36.5 Å². The molecule has 1 atom stereocenters. The molecule has 0 spiro atoms. The van der Waals surface area contributed by atoms with Crippen molar-refractivity contribution in [2.45, 2.75) is 13.2 Å². The molecule has 1 aromatic carbocycles. The summed E-state index contributed by atoms with van der Waals surface area (Å²) in [5.74, 6) is 1.32. The molecule has 1 unspecified atom stereocenters. The van der Waals surface area contributed by atoms with Crippen LogP contribution in [-0.4, -0.2) is 46.8 Å². The van der Waals surface area contributed by atoms with Crippen molar-refractivity contribution in [3.63, 3.8) is 0 Å². The summed E-state index contributed by atoms with van der Waals surface area (Å²) in [5.41, 5.74) is 1.97. The number of ether oxygens (including phenoxy) is 3. The Labute approximate surface area is 167 Å². The maximum absolute atomic E-state index is 9.48. The second-order valence-electron chi connectivity index (χ2n) is 5.92. The minimum atomic E-state index is -0.528. The van der Waals surface area contributed by atoms with E-state index in [4.69, 9.17) is 19.5 Å². The Morgan fingerprint density at radius 2 is 1.97 bits per heavy atom. The van der Waals surface area contributed by atoms with E-state index in [1.165, 1.54) is 6.20 Å². The zero-order chi connectivity index (χ0) is 20.6. The lowest BCUT2D eigenvalue weighted by atomic mass is 10.1. The SMILES string of the molecule is COCCOC(C)Oc1ccc(-c2n[nH]c(-c3ccnc(C#N)c3)n2)cc1C#N. The van der Waals surface area contributed by atoms with Gasteiger partial charge in [0, 0.05) is 24.4 Å². The lowest BCUT2D eigenvalue weighted by Crippen LogP contribution is -2.19. The minimum Gasteiger partial charge on any atom is -0.464 e. The van der Waals surface area contributed by atoms with Crippen molar-refractivity contribution in [1.82, 2.24) is 20.2 Å². The molecule has 9 heteroatoms. The van der Waals surface area contributed by atoms with Crippen LogP contribution in [-0.2, 0) is 9.47 Å². The summed E-state index contributed by atoms with van der Waals surface area (Å²) in [6, 6.07) is 12.5. The first-order chi connectivity index (χ1) is 14.1. The summed E-state index contributed by atoms with van der Waals surface area (Å²) in [6.45, 7) is 2.59. The normalized spacial score (nSPS) is 11.4. The van der Waals surface area contributed by atoms with Gasteiger partial charge in [0.05, 0.1) is 18.8 Å². The van der Waals surface area contributed by atoms with Crippen LogP contribution in [0.2, 0.25) is 0 Å². The maximum Gasteiger partial charge on any atom is 0.197 e. The molecule has 0 radical (unpaired) electrons. The Hall–Kier alpha value is -3.79. The lowest BCUT2D eigenvalue weighted by Gasteiger charge is -2.16. The van der Waals surface area contributed by atoms with E-state index in [1.807, 2.05) is 6.07 Å². The zero-order valence-electron chi connectivity index (χ0n) is 15.9. The fourth-order valence-electron chi connectivity index (χ4n) is 2.53. The molecule has 0 saturated heterocycles. The van der Waals surface area contributed by atoms with E-state index in [1.54, 1.807) is 44.4 Å². The van der Waals surface area contributed by atoms with E-state index in [0.29, 0.717) is 47.3 Å². The predicted molar refractivity (Wildman–Crippen MR) is 102 cm³/mol. The fourth-order valence-corrected chi connectivity index (χ4v) is 2.53. The highest BCUT2D eigenvalue weighted by molar-refractivity contribution is 5.64. The Morgan fingerprint density at radius 3 is 2.72 bits per heavy atom. The second kappa shape index (κ2) is 9.42. The van der Waals surface area contributed by atoms with Crippen LogP contribution in [0.25, 0.3) is 22.8 Å². The molecule has 0 aliphatic rings. The summed E-state index contributed by atoms with van der Waals surface area (Å²) < 4.78 is 16.1. The number of nitriles is 2. The number of aromatic nitrogens is 4. The third-order valence-corrected chi connectivity index (χ3v) is 3.92. The van der Waals surface area contributed by atoms with Crippen LogP contribution in [0.3, 0.4) is 0 Å². The van der Waals surface area contributed by atoms with Gasteiger partial charge in [-0.1, -0.05) is 0 Å². The molecular formula is C20H18N6O3. The van der Waals surface area contributed by atoms with E-state index >= 15 is 0 Å². The number of hydrogen-bond donors (Lipinski definition) is 1. The van der Waals surface area contributed by atoms with Gasteiger partial charge < -0.3 is 14.2 Å². The van der Waals surface area contributed by atoms with Crippen molar-refractivity contribution in [2.24, 2.45) is 0 Å². The van der Waals surface area contributed by atoms with Gasteiger partial charge in [0.2, 0.25) is 0 Å². The molecule has 0 aliphatic carbocycles. The number of methoxy groups -OCH3 is 1. The Balaban J connectivity index is 1.79. The van der Waals surface area contributed by atoms with Gasteiger partial charge in [-0.25, -0.2) is 9.97 Å². The minimum absolute atomic E-state index is 0.288. The van der Waals surface area contributed by atoms with E-state index in [0.717, 1.165) is 0 Å². The summed E-state index contributed by atoms with van der Waals surface area (Å²) in [4.78, 5) is 8.39. The Bertz CT molecular complexity index is 1070. The lowest BCUT2D eigenvalue weighted by molar-refractivity contribution is -0.0797. The molecule has 0 saturated carbocycles. The maximum atomic E-state index is 9.48. The first-order valence-corrected chi connectivity index (χ1v) is 8.75. The summed E-state index contributed by atoms with van der Waals surface area (Å²) in [7, 11) is 1.59. The topological polar surface area (TPSA) is 130 Å². The van der Waals surface area contributed by atoms with Gasteiger partial charge in [-0.3, -0.25) is 5.10 Å². The van der Waals surface area contributed by atoms with Gasteiger partial charge in [-0.05, 0) is 37.3 Å². The third-order valence-electron chi connectivity index (χ3n) is 3.92. The summed E-state index contributed by atoms with van der Waals surface area (Å²) in [5, 5.41) is 25.5. The van der Waals surface area contributed by atoms with Crippen molar-refractivity contribution >= 4 is 0 Å². The number of hydrogen-bond acceptors (Lipinski definition) is 8. The molecule has 0 amide bonds. The largest absolute Gasteiger partial charge is 0.464 e. The molecular weight excluding hydrogens is 372 g/mol. The zero-order valence-corrected chi connectivity index (χ0v) is 15.9. The average Bonchev–Trinajstić information content (AvgIpc) is 3.24. The van der Waals surface area contributed by atoms with Crippen molar-refractivity contribution < 1.29 is 14.2 Å². The van der Waals surface area contributed by atoms with E-state index < -0.39 is 6.29 Å². The number of benzene rings is 1. The van der Waals surface area contributed by atoms with Crippen LogP contribution in [0.1, 0.15) is 18.2 Å². The van der Waals surface area contributed by atoms with E-state index in [9.17, 15) is 5.26 Å². The van der Waals surface area contributed by atoms with Crippen LogP contribution >= 0.6 is 0 Å². The van der Waals surface area contributed by atoms with Crippen molar-refractivity contribution in [1.29, 1.82) is 10.5 Å². The number of rotatable bonds is 8. The molecule has 3 rings (SSSR count). The van der Waals surface area contributed by atoms with Gasteiger partial charge in [-0.2, -0.15) is 15.6 Å². The molecule has 0 fully saturated rings. The molecule has 9 nitrogen and oxygen atoms in total. The fraction of sp³-hybridized carbons (Fsp3) is 0.250. The standard InChI is InChI=1S/C20H18N6O3/c1-13(28-8-7-27-2)29-18-4-3-14(9-16(18)11-21)19-24-20(26-25-19)15-5-6-23-17(10-15)12-22/h3-6,9-10,13H,7-8H2,1-2H3,(H,24,25,26). The Morgan fingerprint density at radius 1 is 1.10 bits per heavy atom. The Kier molecular flexibility index (Phi) is 6.48. The quantitative estimate of drug-likeness (QED) is 0.459. The highest BCUT2D eigenvalue weighted by atomic mass is 16.7. The molecule has 0 aliphatic heterocycles. The highest BCUT2D eigenvalue weighted by Gasteiger charge is 2.13. The van der Waals surface area contributed by atoms with Crippen LogP contribution in [0.5, 0.6) is 5.75 Å². The summed E-state index contributed by atoms with van der Waals surface area (Å²) >= 11 is 0. The monoisotopic (exact) mass is 390 g/mol. The first kappa shape index (κ1) is 20.0. The molecule has 146 valence electrons. The molecule has 3 aromatic rings. The molecule has 2 aromatic heterocycles. The van der Waals surface area contributed by atoms with Gasteiger partial charge in [0.15, 0.2) is 17.9 Å². The van der Waals surface area contributed by atoms with Crippen LogP contribution in [0.4, 0.5) is 0 Å². The second-order valence-corrected chi connectivity index (χ2v) is 5.92. The number of aromatic amines is 1. The predicted octanol–water partition coefficient (Wildman–Crippen LogP) is 2.66. The number of nitrogens with zero attached hydrogens (tertiary/aromatic N) is 5. The van der Waals surface area contributed by atoms with E-state index in [-0.39, 0.29) is 5.69 Å². The number of H-pyrrole nitrogens is 1. The van der Waals surface area contributed by atoms with Gasteiger partial charge in [0.25, 0.3) is 0 Å². The highest BCUT2D eigenvalue weighted by Crippen LogP contribution is 2.26. The molecule has 1 N–H and O–H groups in total. The average molecular weight is 390 g/mol.